The second-order valence-corrected chi connectivity index (χ2v) is 5.58. The van der Waals surface area contributed by atoms with Crippen molar-refractivity contribution in [3.8, 4) is 0 Å². The first-order valence-electron chi connectivity index (χ1n) is 4.77. The Hall–Kier alpha value is -0.650. The monoisotopic (exact) mass is 240 g/mol. The number of fused-ring (bicyclic) bond motifs is 1. The minimum absolute atomic E-state index is 0.228. The van der Waals surface area contributed by atoms with Crippen molar-refractivity contribution in [3.05, 3.63) is 17.8 Å². The molecule has 1 N–H and O–H groups in total. The van der Waals surface area contributed by atoms with Gasteiger partial charge in [-0.25, -0.2) is 9.97 Å². The van der Waals surface area contributed by atoms with Crippen LogP contribution in [0.4, 0.5) is 0 Å². The lowest BCUT2D eigenvalue weighted by atomic mass is 10.3. The second kappa shape index (κ2) is 4.92. The maximum atomic E-state index is 8.84. The van der Waals surface area contributed by atoms with Crippen LogP contribution in [0.1, 0.15) is 13.3 Å². The van der Waals surface area contributed by atoms with Gasteiger partial charge in [0, 0.05) is 17.2 Å². The van der Waals surface area contributed by atoms with Gasteiger partial charge in [-0.3, -0.25) is 0 Å². The van der Waals surface area contributed by atoms with Gasteiger partial charge in [0.05, 0.1) is 0 Å². The van der Waals surface area contributed by atoms with Crippen LogP contribution in [0.2, 0.25) is 0 Å². The highest BCUT2D eigenvalue weighted by molar-refractivity contribution is 8.00. The SMILES string of the molecule is CC(CCO)Sc1ncnc2sccc12. The van der Waals surface area contributed by atoms with Crippen molar-refractivity contribution in [2.45, 2.75) is 23.6 Å². The van der Waals surface area contributed by atoms with E-state index in [0.717, 1.165) is 21.7 Å². The third-order valence-electron chi connectivity index (χ3n) is 2.07. The van der Waals surface area contributed by atoms with Crippen molar-refractivity contribution in [3.63, 3.8) is 0 Å². The van der Waals surface area contributed by atoms with E-state index in [4.69, 9.17) is 5.11 Å². The number of hydrogen-bond donors (Lipinski definition) is 1. The summed E-state index contributed by atoms with van der Waals surface area (Å²) in [6.45, 7) is 2.33. The maximum Gasteiger partial charge on any atom is 0.127 e. The molecule has 5 heteroatoms. The first kappa shape index (κ1) is 10.9. The highest BCUT2D eigenvalue weighted by Crippen LogP contribution is 2.30. The predicted molar refractivity (Wildman–Crippen MR) is 64.4 cm³/mol. The van der Waals surface area contributed by atoms with E-state index < -0.39 is 0 Å². The van der Waals surface area contributed by atoms with Crippen molar-refractivity contribution in [2.24, 2.45) is 0 Å². The Kier molecular flexibility index (Phi) is 3.56. The van der Waals surface area contributed by atoms with Crippen molar-refractivity contribution < 1.29 is 5.11 Å². The number of thioether (sulfide) groups is 1. The fraction of sp³-hybridized carbons (Fsp3) is 0.400. The number of aromatic nitrogens is 2. The quantitative estimate of drug-likeness (QED) is 0.659. The number of aliphatic hydroxyl groups excluding tert-OH is 1. The zero-order chi connectivity index (χ0) is 10.7. The van der Waals surface area contributed by atoms with Crippen LogP contribution in [0, 0.1) is 0 Å². The van der Waals surface area contributed by atoms with Crippen LogP contribution in [0.15, 0.2) is 22.8 Å². The van der Waals surface area contributed by atoms with Crippen molar-refractivity contribution in [2.75, 3.05) is 6.61 Å². The summed E-state index contributed by atoms with van der Waals surface area (Å²) in [5, 5.41) is 13.4. The molecule has 0 aliphatic carbocycles. The highest BCUT2D eigenvalue weighted by Gasteiger charge is 2.09. The average Bonchev–Trinajstić information content (AvgIpc) is 2.67. The van der Waals surface area contributed by atoms with E-state index in [9.17, 15) is 0 Å². The van der Waals surface area contributed by atoms with Crippen LogP contribution in [-0.4, -0.2) is 26.9 Å². The first-order chi connectivity index (χ1) is 7.31. The molecule has 0 spiro atoms. The molecule has 0 saturated heterocycles. The lowest BCUT2D eigenvalue weighted by Gasteiger charge is -2.08. The van der Waals surface area contributed by atoms with Crippen LogP contribution < -0.4 is 0 Å². The normalized spacial score (nSPS) is 13.2. The number of aliphatic hydroxyl groups is 1. The largest absolute Gasteiger partial charge is 0.396 e. The van der Waals surface area contributed by atoms with Crippen LogP contribution in [0.5, 0.6) is 0 Å². The zero-order valence-corrected chi connectivity index (χ0v) is 10.0. The summed E-state index contributed by atoms with van der Waals surface area (Å²) < 4.78 is 0. The second-order valence-electron chi connectivity index (χ2n) is 3.26. The standard InChI is InChI=1S/C10H12N2OS2/c1-7(2-4-13)15-10-8-3-5-14-9(8)11-6-12-10/h3,5-7,13H,2,4H2,1H3. The summed E-state index contributed by atoms with van der Waals surface area (Å²) in [4.78, 5) is 9.51. The number of hydrogen-bond acceptors (Lipinski definition) is 5. The Morgan fingerprint density at radius 1 is 1.53 bits per heavy atom. The average molecular weight is 240 g/mol. The summed E-state index contributed by atoms with van der Waals surface area (Å²) >= 11 is 3.33. The van der Waals surface area contributed by atoms with Gasteiger partial charge in [-0.15, -0.1) is 23.1 Å². The summed E-state index contributed by atoms with van der Waals surface area (Å²) in [5.41, 5.74) is 0. The molecule has 80 valence electrons. The summed E-state index contributed by atoms with van der Waals surface area (Å²) in [5.74, 6) is 0. The Bertz CT molecular complexity index is 444. The van der Waals surface area contributed by atoms with Gasteiger partial charge in [0.15, 0.2) is 0 Å². The molecule has 0 aliphatic rings. The van der Waals surface area contributed by atoms with Gasteiger partial charge >= 0.3 is 0 Å². The Morgan fingerprint density at radius 3 is 3.20 bits per heavy atom. The molecule has 3 nitrogen and oxygen atoms in total. The fourth-order valence-corrected chi connectivity index (χ4v) is 3.09. The minimum Gasteiger partial charge on any atom is -0.396 e. The van der Waals surface area contributed by atoms with E-state index in [0.29, 0.717) is 5.25 Å². The minimum atomic E-state index is 0.228. The molecule has 0 radical (unpaired) electrons. The van der Waals surface area contributed by atoms with Crippen LogP contribution in [-0.2, 0) is 0 Å². The number of rotatable bonds is 4. The van der Waals surface area contributed by atoms with Crippen LogP contribution in [0.3, 0.4) is 0 Å². The fourth-order valence-electron chi connectivity index (χ4n) is 1.29. The van der Waals surface area contributed by atoms with E-state index >= 15 is 0 Å². The topological polar surface area (TPSA) is 46.0 Å². The molecule has 1 unspecified atom stereocenters. The molecule has 0 fully saturated rings. The molecule has 0 aromatic carbocycles. The molecule has 0 aliphatic heterocycles. The van der Waals surface area contributed by atoms with E-state index in [1.54, 1.807) is 29.4 Å². The lowest BCUT2D eigenvalue weighted by molar-refractivity contribution is 0.289. The molecule has 2 rings (SSSR count). The van der Waals surface area contributed by atoms with Crippen LogP contribution in [0.25, 0.3) is 10.2 Å². The zero-order valence-electron chi connectivity index (χ0n) is 8.38. The Morgan fingerprint density at radius 2 is 2.40 bits per heavy atom. The third-order valence-corrected chi connectivity index (χ3v) is 4.08. The molecule has 2 aromatic heterocycles. The molecular formula is C10H12N2OS2. The number of thiophene rings is 1. The summed E-state index contributed by atoms with van der Waals surface area (Å²) in [6, 6.07) is 2.05. The van der Waals surface area contributed by atoms with E-state index in [1.165, 1.54) is 0 Å². The van der Waals surface area contributed by atoms with Crippen LogP contribution >= 0.6 is 23.1 Å². The Labute approximate surface area is 96.6 Å². The summed E-state index contributed by atoms with van der Waals surface area (Å²) in [6.07, 6.45) is 2.40. The molecule has 2 aromatic rings. The molecule has 1 atom stereocenters. The predicted octanol–water partition coefficient (Wildman–Crippen LogP) is 2.55. The number of nitrogens with zero attached hydrogens (tertiary/aromatic N) is 2. The maximum absolute atomic E-state index is 8.84. The molecule has 0 bridgehead atoms. The Balaban J connectivity index is 2.23. The van der Waals surface area contributed by atoms with Gasteiger partial charge in [-0.05, 0) is 17.9 Å². The molecule has 2 heterocycles. The van der Waals surface area contributed by atoms with Gasteiger partial charge in [-0.1, -0.05) is 6.92 Å². The van der Waals surface area contributed by atoms with Gasteiger partial charge in [0.1, 0.15) is 16.2 Å². The third kappa shape index (κ3) is 2.48. The van der Waals surface area contributed by atoms with E-state index in [1.807, 2.05) is 11.4 Å². The molecule has 0 amide bonds. The van der Waals surface area contributed by atoms with Gasteiger partial charge < -0.3 is 5.11 Å². The summed E-state index contributed by atoms with van der Waals surface area (Å²) in [7, 11) is 0. The van der Waals surface area contributed by atoms with Crippen molar-refractivity contribution in [1.29, 1.82) is 0 Å². The highest BCUT2D eigenvalue weighted by atomic mass is 32.2. The molecule has 0 saturated carbocycles. The molecule has 15 heavy (non-hydrogen) atoms. The molecular weight excluding hydrogens is 228 g/mol. The van der Waals surface area contributed by atoms with Crippen molar-refractivity contribution in [1.82, 2.24) is 9.97 Å². The lowest BCUT2D eigenvalue weighted by Crippen LogP contribution is -2.00. The van der Waals surface area contributed by atoms with E-state index in [-0.39, 0.29) is 6.61 Å². The smallest absolute Gasteiger partial charge is 0.127 e. The first-order valence-corrected chi connectivity index (χ1v) is 6.53. The van der Waals surface area contributed by atoms with Gasteiger partial charge in [0.2, 0.25) is 0 Å². The van der Waals surface area contributed by atoms with Crippen molar-refractivity contribution >= 4 is 33.3 Å². The van der Waals surface area contributed by atoms with E-state index in [2.05, 4.69) is 16.9 Å². The van der Waals surface area contributed by atoms with Gasteiger partial charge in [-0.2, -0.15) is 0 Å². The van der Waals surface area contributed by atoms with Gasteiger partial charge in [0.25, 0.3) is 0 Å².